The molecule has 0 saturated heterocycles. The summed E-state index contributed by atoms with van der Waals surface area (Å²) in [5.41, 5.74) is 0. The van der Waals surface area contributed by atoms with Gasteiger partial charge in [0, 0.05) is 6.54 Å². The third kappa shape index (κ3) is 7.82. The molecule has 0 aliphatic rings. The van der Waals surface area contributed by atoms with Gasteiger partial charge in [-0.25, -0.2) is 0 Å². The van der Waals surface area contributed by atoms with E-state index in [2.05, 4.69) is 86.8 Å². The van der Waals surface area contributed by atoms with Crippen LogP contribution in [-0.4, -0.2) is 68.2 Å². The molecule has 0 heterocycles. The van der Waals surface area contributed by atoms with E-state index in [0.29, 0.717) is 46.2 Å². The lowest BCUT2D eigenvalue weighted by atomic mass is 10.2. The van der Waals surface area contributed by atoms with Crippen LogP contribution in [-0.2, 0) is 18.6 Å². The molecule has 0 aliphatic heterocycles. The number of nitrogens with one attached hydrogen (secondary N) is 1. The van der Waals surface area contributed by atoms with Crippen molar-refractivity contribution in [3.8, 4) is 0 Å². The van der Waals surface area contributed by atoms with E-state index in [1.807, 2.05) is 7.05 Å². The first-order valence-corrected chi connectivity index (χ1v) is 13.1. The molecule has 1 N–H and O–H groups in total. The van der Waals surface area contributed by atoms with Gasteiger partial charge in [-0.1, -0.05) is 81.4 Å². The van der Waals surface area contributed by atoms with E-state index in [1.54, 1.807) is 0 Å². The molecule has 0 aliphatic carbocycles. The van der Waals surface area contributed by atoms with Crippen LogP contribution in [0.15, 0.2) is 60.7 Å². The van der Waals surface area contributed by atoms with Gasteiger partial charge in [0.25, 0.3) is 8.32 Å². The number of rotatable bonds is 15. The molecule has 6 heteroatoms. The van der Waals surface area contributed by atoms with E-state index in [1.165, 1.54) is 10.4 Å². The van der Waals surface area contributed by atoms with Crippen molar-refractivity contribution >= 4 is 18.7 Å². The average Bonchev–Trinajstić information content (AvgIpc) is 2.77. The number of benzene rings is 2. The van der Waals surface area contributed by atoms with Crippen LogP contribution < -0.4 is 15.7 Å². The molecule has 2 aromatic rings. The van der Waals surface area contributed by atoms with Gasteiger partial charge >= 0.3 is 0 Å². The van der Waals surface area contributed by atoms with Crippen molar-refractivity contribution in [2.45, 2.75) is 25.8 Å². The number of hydrogen-bond donors (Lipinski definition) is 1. The van der Waals surface area contributed by atoms with Crippen LogP contribution in [0.25, 0.3) is 0 Å². The predicted molar refractivity (Wildman–Crippen MR) is 130 cm³/mol. The second kappa shape index (κ2) is 13.8. The average molecular weight is 446 g/mol. The highest BCUT2D eigenvalue weighted by Gasteiger charge is 2.49. The van der Waals surface area contributed by atoms with Crippen molar-refractivity contribution < 1.29 is 18.6 Å². The first-order valence-electron chi connectivity index (χ1n) is 11.1. The SMILES string of the molecule is CNCCOCCOCCOCCO[Si](c1ccccc1)(c1ccccc1)C(C)(C)C. The summed E-state index contributed by atoms with van der Waals surface area (Å²) >= 11 is 0. The molecule has 0 unspecified atom stereocenters. The zero-order valence-electron chi connectivity index (χ0n) is 19.6. The highest BCUT2D eigenvalue weighted by atomic mass is 28.4. The van der Waals surface area contributed by atoms with Gasteiger partial charge in [-0.2, -0.15) is 0 Å². The Hall–Kier alpha value is -1.54. The van der Waals surface area contributed by atoms with Crippen molar-refractivity contribution in [3.05, 3.63) is 60.7 Å². The van der Waals surface area contributed by atoms with E-state index >= 15 is 0 Å². The molecular weight excluding hydrogens is 406 g/mol. The fraction of sp³-hybridized carbons (Fsp3) is 0.520. The fourth-order valence-electron chi connectivity index (χ4n) is 3.73. The lowest BCUT2D eigenvalue weighted by Crippen LogP contribution is -2.66. The number of likely N-dealkylation sites (N-methyl/N-ethyl adjacent to an activating group) is 1. The van der Waals surface area contributed by atoms with Crippen LogP contribution in [0, 0.1) is 0 Å². The molecule has 0 atom stereocenters. The molecule has 0 fully saturated rings. The Morgan fingerprint density at radius 3 is 1.48 bits per heavy atom. The molecule has 0 spiro atoms. The molecule has 2 rings (SSSR count). The standard InChI is InChI=1S/C25H39NO4Si/c1-25(2,3)31(23-11-7-5-8-12-23,24-13-9-6-10-14-24)30-22-21-29-20-19-28-18-17-27-16-15-26-4/h5-14,26H,15-22H2,1-4H3. The molecule has 0 amide bonds. The van der Waals surface area contributed by atoms with E-state index in [0.717, 1.165) is 6.54 Å². The Labute approximate surface area is 189 Å². The van der Waals surface area contributed by atoms with Crippen molar-refractivity contribution in [1.29, 1.82) is 0 Å². The fourth-order valence-corrected chi connectivity index (χ4v) is 8.28. The van der Waals surface area contributed by atoms with E-state index in [-0.39, 0.29) is 5.04 Å². The summed E-state index contributed by atoms with van der Waals surface area (Å²) in [4.78, 5) is 0. The second-order valence-corrected chi connectivity index (χ2v) is 12.8. The zero-order chi connectivity index (χ0) is 22.4. The summed E-state index contributed by atoms with van der Waals surface area (Å²) in [7, 11) is -0.568. The molecule has 0 saturated carbocycles. The van der Waals surface area contributed by atoms with Crippen molar-refractivity contribution in [1.82, 2.24) is 5.32 Å². The topological polar surface area (TPSA) is 49.0 Å². The van der Waals surface area contributed by atoms with Gasteiger partial charge in [-0.15, -0.1) is 0 Å². The maximum Gasteiger partial charge on any atom is 0.261 e. The van der Waals surface area contributed by atoms with Gasteiger partial charge < -0.3 is 24.0 Å². The normalized spacial score (nSPS) is 12.3. The first-order chi connectivity index (χ1) is 15.0. The number of ether oxygens (including phenoxy) is 3. The Balaban J connectivity index is 1.88. The van der Waals surface area contributed by atoms with Crippen LogP contribution >= 0.6 is 0 Å². The summed E-state index contributed by atoms with van der Waals surface area (Å²) in [6, 6.07) is 21.4. The van der Waals surface area contributed by atoms with Crippen LogP contribution in [0.3, 0.4) is 0 Å². The largest absolute Gasteiger partial charge is 0.405 e. The second-order valence-electron chi connectivity index (χ2n) is 8.45. The van der Waals surface area contributed by atoms with Crippen molar-refractivity contribution in [2.75, 3.05) is 59.8 Å². The molecule has 31 heavy (non-hydrogen) atoms. The first kappa shape index (κ1) is 25.7. The highest BCUT2D eigenvalue weighted by molar-refractivity contribution is 6.99. The van der Waals surface area contributed by atoms with Crippen molar-refractivity contribution in [2.24, 2.45) is 0 Å². The van der Waals surface area contributed by atoms with Gasteiger partial charge in [-0.05, 0) is 22.5 Å². The van der Waals surface area contributed by atoms with Gasteiger partial charge in [0.2, 0.25) is 0 Å². The third-order valence-electron chi connectivity index (χ3n) is 5.20. The Kier molecular flexibility index (Phi) is 11.4. The molecular formula is C25H39NO4Si. The summed E-state index contributed by atoms with van der Waals surface area (Å²) in [5, 5.41) is 5.60. The Morgan fingerprint density at radius 2 is 1.06 bits per heavy atom. The molecule has 172 valence electrons. The quantitative estimate of drug-likeness (QED) is 0.337. The minimum Gasteiger partial charge on any atom is -0.405 e. The van der Waals surface area contributed by atoms with Crippen LogP contribution in [0.1, 0.15) is 20.8 Å². The highest BCUT2D eigenvalue weighted by Crippen LogP contribution is 2.36. The Bertz CT molecular complexity index is 667. The van der Waals surface area contributed by atoms with Crippen LogP contribution in [0.4, 0.5) is 0 Å². The summed E-state index contributed by atoms with van der Waals surface area (Å²) < 4.78 is 23.6. The monoisotopic (exact) mass is 445 g/mol. The molecule has 0 aromatic heterocycles. The zero-order valence-corrected chi connectivity index (χ0v) is 20.6. The lowest BCUT2D eigenvalue weighted by molar-refractivity contribution is 0.00942. The van der Waals surface area contributed by atoms with Gasteiger partial charge in [0.05, 0.1) is 46.2 Å². The van der Waals surface area contributed by atoms with Crippen molar-refractivity contribution in [3.63, 3.8) is 0 Å². The summed E-state index contributed by atoms with van der Waals surface area (Å²) in [6.07, 6.45) is 0. The van der Waals surface area contributed by atoms with E-state index in [4.69, 9.17) is 18.6 Å². The van der Waals surface area contributed by atoms with E-state index < -0.39 is 8.32 Å². The van der Waals surface area contributed by atoms with E-state index in [9.17, 15) is 0 Å². The molecule has 0 bridgehead atoms. The third-order valence-corrected chi connectivity index (χ3v) is 10.2. The van der Waals surface area contributed by atoms with Gasteiger partial charge in [0.1, 0.15) is 0 Å². The Morgan fingerprint density at radius 1 is 0.645 bits per heavy atom. The molecule has 0 radical (unpaired) electrons. The predicted octanol–water partition coefficient (Wildman–Crippen LogP) is 2.83. The summed E-state index contributed by atoms with van der Waals surface area (Å²) in [6.45, 7) is 11.8. The minimum atomic E-state index is -2.48. The van der Waals surface area contributed by atoms with Crippen LogP contribution in [0.2, 0.25) is 5.04 Å². The maximum absolute atomic E-state index is 6.80. The molecule has 5 nitrogen and oxygen atoms in total. The molecule has 2 aromatic carbocycles. The van der Waals surface area contributed by atoms with Crippen LogP contribution in [0.5, 0.6) is 0 Å². The smallest absolute Gasteiger partial charge is 0.261 e. The van der Waals surface area contributed by atoms with Gasteiger partial charge in [0.15, 0.2) is 0 Å². The lowest BCUT2D eigenvalue weighted by Gasteiger charge is -2.43. The number of hydrogen-bond acceptors (Lipinski definition) is 5. The summed E-state index contributed by atoms with van der Waals surface area (Å²) in [5.74, 6) is 0. The minimum absolute atomic E-state index is 0.0217. The van der Waals surface area contributed by atoms with Gasteiger partial charge in [-0.3, -0.25) is 0 Å². The maximum atomic E-state index is 6.80.